The van der Waals surface area contributed by atoms with Gasteiger partial charge in [0.2, 0.25) is 5.91 Å². The van der Waals surface area contributed by atoms with E-state index in [0.29, 0.717) is 17.8 Å². The number of halogens is 2. The maximum Gasteiger partial charge on any atom is 0.262 e. The number of aromatic hydroxyl groups is 1. The van der Waals surface area contributed by atoms with Crippen LogP contribution in [0, 0.1) is 11.6 Å². The molecular weight excluding hydrogens is 370 g/mol. The molecule has 0 saturated heterocycles. The van der Waals surface area contributed by atoms with Crippen molar-refractivity contribution in [3.63, 3.8) is 0 Å². The number of hydrogen-bond acceptors (Lipinski definition) is 4. The molecule has 144 valence electrons. The summed E-state index contributed by atoms with van der Waals surface area (Å²) in [6, 6.07) is 8.45. The Balaban J connectivity index is 1.73. The van der Waals surface area contributed by atoms with E-state index in [2.05, 4.69) is 15.7 Å². The van der Waals surface area contributed by atoms with Gasteiger partial charge in [0.15, 0.2) is 0 Å². The Bertz CT molecular complexity index is 999. The SMILES string of the molecule is CC(C(=O)Nc1cccc(NC(=O)c2c(O)cc(F)cc2F)c1)n1cccn1. The van der Waals surface area contributed by atoms with E-state index in [0.717, 1.165) is 0 Å². The molecule has 0 aliphatic carbocycles. The molecule has 0 radical (unpaired) electrons. The summed E-state index contributed by atoms with van der Waals surface area (Å²) in [5, 5.41) is 18.7. The number of anilines is 2. The summed E-state index contributed by atoms with van der Waals surface area (Å²) >= 11 is 0. The molecule has 0 fully saturated rings. The Morgan fingerprint density at radius 3 is 2.46 bits per heavy atom. The van der Waals surface area contributed by atoms with Crippen molar-refractivity contribution in [1.29, 1.82) is 0 Å². The standard InChI is InChI=1S/C19H16F2N4O3/c1-11(25-7-3-6-22-25)18(27)23-13-4-2-5-14(10-13)24-19(28)17-15(21)8-12(20)9-16(17)26/h2-11,26H,1H3,(H,23,27)(H,24,28). The first kappa shape index (κ1) is 19.0. The van der Waals surface area contributed by atoms with Gasteiger partial charge in [0.25, 0.3) is 5.91 Å². The van der Waals surface area contributed by atoms with Crippen molar-refractivity contribution >= 4 is 23.2 Å². The van der Waals surface area contributed by atoms with Crippen LogP contribution >= 0.6 is 0 Å². The Hall–Kier alpha value is -3.75. The molecule has 1 aromatic heterocycles. The lowest BCUT2D eigenvalue weighted by atomic mass is 10.1. The summed E-state index contributed by atoms with van der Waals surface area (Å²) in [5.41, 5.74) is -0.0357. The van der Waals surface area contributed by atoms with Gasteiger partial charge >= 0.3 is 0 Å². The van der Waals surface area contributed by atoms with Gasteiger partial charge in [-0.05, 0) is 31.2 Å². The number of aromatic nitrogens is 2. The van der Waals surface area contributed by atoms with Gasteiger partial charge < -0.3 is 15.7 Å². The Labute approximate surface area is 158 Å². The molecular formula is C19H16F2N4O3. The second kappa shape index (κ2) is 7.87. The van der Waals surface area contributed by atoms with Gasteiger partial charge in [-0.1, -0.05) is 6.07 Å². The van der Waals surface area contributed by atoms with Crippen LogP contribution in [0.2, 0.25) is 0 Å². The van der Waals surface area contributed by atoms with Crippen LogP contribution in [0.4, 0.5) is 20.2 Å². The summed E-state index contributed by atoms with van der Waals surface area (Å²) in [6.07, 6.45) is 3.22. The molecule has 3 rings (SSSR count). The number of carbonyl (C=O) groups is 2. The van der Waals surface area contributed by atoms with Gasteiger partial charge in [-0.25, -0.2) is 8.78 Å². The molecule has 3 aromatic rings. The largest absolute Gasteiger partial charge is 0.507 e. The molecule has 2 aromatic carbocycles. The van der Waals surface area contributed by atoms with E-state index in [4.69, 9.17) is 0 Å². The molecule has 3 N–H and O–H groups in total. The number of rotatable bonds is 5. The Morgan fingerprint density at radius 1 is 1.11 bits per heavy atom. The van der Waals surface area contributed by atoms with Crippen LogP contribution in [0.1, 0.15) is 23.3 Å². The highest BCUT2D eigenvalue weighted by Gasteiger charge is 2.19. The summed E-state index contributed by atoms with van der Waals surface area (Å²) in [7, 11) is 0. The maximum atomic E-state index is 13.8. The van der Waals surface area contributed by atoms with E-state index in [1.54, 1.807) is 37.5 Å². The predicted molar refractivity (Wildman–Crippen MR) is 98.0 cm³/mol. The van der Waals surface area contributed by atoms with Gasteiger partial charge in [-0.3, -0.25) is 14.3 Å². The van der Waals surface area contributed by atoms with Crippen molar-refractivity contribution in [2.24, 2.45) is 0 Å². The highest BCUT2D eigenvalue weighted by Crippen LogP contribution is 2.24. The Morgan fingerprint density at radius 2 is 1.82 bits per heavy atom. The van der Waals surface area contributed by atoms with Crippen LogP contribution in [0.5, 0.6) is 5.75 Å². The van der Waals surface area contributed by atoms with E-state index < -0.39 is 34.9 Å². The molecule has 1 atom stereocenters. The molecule has 28 heavy (non-hydrogen) atoms. The van der Waals surface area contributed by atoms with E-state index in [9.17, 15) is 23.5 Å². The summed E-state index contributed by atoms with van der Waals surface area (Å²) in [4.78, 5) is 24.5. The number of carbonyl (C=O) groups excluding carboxylic acids is 2. The average Bonchev–Trinajstić information content (AvgIpc) is 3.15. The molecule has 0 aliphatic rings. The molecule has 0 spiro atoms. The molecule has 1 unspecified atom stereocenters. The molecule has 1 heterocycles. The number of nitrogens with zero attached hydrogens (tertiary/aromatic N) is 2. The first-order valence-electron chi connectivity index (χ1n) is 8.24. The zero-order valence-corrected chi connectivity index (χ0v) is 14.7. The normalized spacial score (nSPS) is 11.7. The summed E-state index contributed by atoms with van der Waals surface area (Å²) in [5.74, 6) is -4.28. The van der Waals surface area contributed by atoms with Crippen molar-refractivity contribution in [3.8, 4) is 5.75 Å². The van der Waals surface area contributed by atoms with Crippen molar-refractivity contribution in [2.45, 2.75) is 13.0 Å². The third kappa shape index (κ3) is 4.14. The third-order valence-corrected chi connectivity index (χ3v) is 3.95. The third-order valence-electron chi connectivity index (χ3n) is 3.95. The molecule has 0 saturated carbocycles. The first-order chi connectivity index (χ1) is 13.3. The second-order valence-corrected chi connectivity index (χ2v) is 5.97. The molecule has 7 nitrogen and oxygen atoms in total. The number of phenolic OH excluding ortho intramolecular Hbond substituents is 1. The highest BCUT2D eigenvalue weighted by molar-refractivity contribution is 6.06. The lowest BCUT2D eigenvalue weighted by molar-refractivity contribution is -0.119. The van der Waals surface area contributed by atoms with Gasteiger partial charge in [0, 0.05) is 35.9 Å². The number of nitrogens with one attached hydrogen (secondary N) is 2. The molecule has 0 aliphatic heterocycles. The van der Waals surface area contributed by atoms with Gasteiger partial charge in [0.05, 0.1) is 0 Å². The van der Waals surface area contributed by atoms with Gasteiger partial charge in [0.1, 0.15) is 29.0 Å². The monoisotopic (exact) mass is 386 g/mol. The minimum atomic E-state index is -1.19. The fraction of sp³-hybridized carbons (Fsp3) is 0.105. The zero-order chi connectivity index (χ0) is 20.3. The zero-order valence-electron chi connectivity index (χ0n) is 14.7. The van der Waals surface area contributed by atoms with E-state index in [1.807, 2.05) is 0 Å². The lowest BCUT2D eigenvalue weighted by Gasteiger charge is -2.14. The lowest BCUT2D eigenvalue weighted by Crippen LogP contribution is -2.24. The topological polar surface area (TPSA) is 96.3 Å². The van der Waals surface area contributed by atoms with Crippen LogP contribution in [-0.4, -0.2) is 26.7 Å². The van der Waals surface area contributed by atoms with Crippen molar-refractivity contribution in [3.05, 3.63) is 72.1 Å². The summed E-state index contributed by atoms with van der Waals surface area (Å²) < 4.78 is 28.4. The van der Waals surface area contributed by atoms with E-state index in [-0.39, 0.29) is 11.6 Å². The average molecular weight is 386 g/mol. The smallest absolute Gasteiger partial charge is 0.262 e. The van der Waals surface area contributed by atoms with Crippen LogP contribution in [0.25, 0.3) is 0 Å². The Kier molecular flexibility index (Phi) is 5.35. The van der Waals surface area contributed by atoms with Crippen LogP contribution < -0.4 is 10.6 Å². The van der Waals surface area contributed by atoms with Gasteiger partial charge in [-0.2, -0.15) is 5.10 Å². The van der Waals surface area contributed by atoms with Crippen LogP contribution in [0.3, 0.4) is 0 Å². The maximum absolute atomic E-state index is 13.8. The number of hydrogen-bond donors (Lipinski definition) is 3. The molecule has 2 amide bonds. The van der Waals surface area contributed by atoms with Crippen molar-refractivity contribution < 1.29 is 23.5 Å². The van der Waals surface area contributed by atoms with E-state index >= 15 is 0 Å². The number of benzene rings is 2. The van der Waals surface area contributed by atoms with Crippen molar-refractivity contribution in [2.75, 3.05) is 10.6 Å². The van der Waals surface area contributed by atoms with Gasteiger partial charge in [-0.15, -0.1) is 0 Å². The predicted octanol–water partition coefficient (Wildman–Crippen LogP) is 3.32. The highest BCUT2D eigenvalue weighted by atomic mass is 19.1. The number of phenols is 1. The molecule has 9 heteroatoms. The quantitative estimate of drug-likeness (QED) is 0.627. The van der Waals surface area contributed by atoms with Crippen LogP contribution in [0.15, 0.2) is 54.9 Å². The minimum absolute atomic E-state index is 0.248. The van der Waals surface area contributed by atoms with E-state index in [1.165, 1.54) is 16.8 Å². The first-order valence-corrected chi connectivity index (χ1v) is 8.24. The fourth-order valence-electron chi connectivity index (χ4n) is 2.53. The molecule has 0 bridgehead atoms. The summed E-state index contributed by atoms with van der Waals surface area (Å²) in [6.45, 7) is 1.67. The number of amides is 2. The fourth-order valence-corrected chi connectivity index (χ4v) is 2.53. The minimum Gasteiger partial charge on any atom is -0.507 e. The van der Waals surface area contributed by atoms with Crippen molar-refractivity contribution in [1.82, 2.24) is 9.78 Å². The van der Waals surface area contributed by atoms with Crippen LogP contribution in [-0.2, 0) is 4.79 Å². The second-order valence-electron chi connectivity index (χ2n) is 5.97.